The van der Waals surface area contributed by atoms with Gasteiger partial charge in [0.05, 0.1) is 25.6 Å². The van der Waals surface area contributed by atoms with Gasteiger partial charge in [0.25, 0.3) is 0 Å². The zero-order valence-electron chi connectivity index (χ0n) is 16.7. The molecule has 0 radical (unpaired) electrons. The van der Waals surface area contributed by atoms with E-state index in [1.54, 1.807) is 0 Å². The molecule has 0 bridgehead atoms. The first kappa shape index (κ1) is 20.1. The summed E-state index contributed by atoms with van der Waals surface area (Å²) in [5.41, 5.74) is 2.08. The van der Waals surface area contributed by atoms with Gasteiger partial charge in [0, 0.05) is 11.8 Å². The van der Waals surface area contributed by atoms with E-state index in [0.29, 0.717) is 12.5 Å². The molecule has 0 amide bonds. The van der Waals surface area contributed by atoms with E-state index in [0.717, 1.165) is 17.5 Å². The number of rotatable bonds is 7. The van der Waals surface area contributed by atoms with E-state index >= 15 is 0 Å². The first-order chi connectivity index (χ1) is 13.6. The molecule has 0 N–H and O–H groups in total. The smallest absolute Gasteiger partial charge is 0.310 e. The lowest BCUT2D eigenvalue weighted by Crippen LogP contribution is -2.52. The van der Waals surface area contributed by atoms with Crippen molar-refractivity contribution in [2.75, 3.05) is 13.7 Å². The maximum Gasteiger partial charge on any atom is 0.310 e. The summed E-state index contributed by atoms with van der Waals surface area (Å²) < 4.78 is 10.7. The fourth-order valence-electron chi connectivity index (χ4n) is 4.09. The molecule has 1 aliphatic carbocycles. The van der Waals surface area contributed by atoms with Crippen LogP contribution < -0.4 is 0 Å². The molecule has 0 aliphatic heterocycles. The van der Waals surface area contributed by atoms with E-state index in [-0.39, 0.29) is 23.8 Å². The zero-order valence-corrected chi connectivity index (χ0v) is 16.7. The molecule has 0 heterocycles. The minimum absolute atomic E-state index is 0.114. The summed E-state index contributed by atoms with van der Waals surface area (Å²) in [5, 5.41) is 0. The number of carbonyl (C=O) groups is 2. The largest absolute Gasteiger partial charge is 0.469 e. The third-order valence-electron chi connectivity index (χ3n) is 5.87. The average molecular weight is 380 g/mol. The molecule has 2 aromatic carbocycles. The van der Waals surface area contributed by atoms with Crippen LogP contribution >= 0.6 is 0 Å². The van der Waals surface area contributed by atoms with Crippen LogP contribution in [0.15, 0.2) is 60.7 Å². The van der Waals surface area contributed by atoms with Gasteiger partial charge in [0.2, 0.25) is 0 Å². The van der Waals surface area contributed by atoms with Crippen LogP contribution in [0.25, 0.3) is 0 Å². The molecule has 0 unspecified atom stereocenters. The van der Waals surface area contributed by atoms with Crippen molar-refractivity contribution >= 4 is 11.9 Å². The summed E-state index contributed by atoms with van der Waals surface area (Å²) in [6.07, 6.45) is 0.938. The number of hydrogen-bond acceptors (Lipinski definition) is 4. The Morgan fingerprint density at radius 2 is 1.32 bits per heavy atom. The minimum Gasteiger partial charge on any atom is -0.469 e. The van der Waals surface area contributed by atoms with Crippen LogP contribution in [0.4, 0.5) is 0 Å². The van der Waals surface area contributed by atoms with Gasteiger partial charge in [-0.25, -0.2) is 0 Å². The number of hydrogen-bond donors (Lipinski definition) is 0. The van der Waals surface area contributed by atoms with Gasteiger partial charge >= 0.3 is 11.9 Å². The van der Waals surface area contributed by atoms with E-state index in [1.807, 2.05) is 67.6 Å². The topological polar surface area (TPSA) is 52.6 Å². The Kier molecular flexibility index (Phi) is 6.50. The van der Waals surface area contributed by atoms with E-state index in [2.05, 4.69) is 6.92 Å². The van der Waals surface area contributed by atoms with Crippen molar-refractivity contribution in [1.29, 1.82) is 0 Å². The SMILES string of the molecule is CC[C@@H](C)COC(=O)[C@H]1[C@H](C(=O)OC)[C@H](c2ccccc2)[C@H]1c1ccccc1. The van der Waals surface area contributed by atoms with Crippen LogP contribution in [0.5, 0.6) is 0 Å². The van der Waals surface area contributed by atoms with Crippen molar-refractivity contribution in [3.8, 4) is 0 Å². The molecular formula is C24H28O4. The molecule has 5 atom stereocenters. The highest BCUT2D eigenvalue weighted by molar-refractivity contribution is 5.87. The van der Waals surface area contributed by atoms with E-state index in [4.69, 9.17) is 9.47 Å². The van der Waals surface area contributed by atoms with Gasteiger partial charge in [0.1, 0.15) is 0 Å². The summed E-state index contributed by atoms with van der Waals surface area (Å²) in [7, 11) is 1.38. The van der Waals surface area contributed by atoms with Crippen molar-refractivity contribution in [1.82, 2.24) is 0 Å². The third-order valence-corrected chi connectivity index (χ3v) is 5.87. The Bertz CT molecular complexity index is 787. The van der Waals surface area contributed by atoms with Gasteiger partial charge in [-0.05, 0) is 17.0 Å². The molecule has 1 saturated carbocycles. The Balaban J connectivity index is 1.96. The summed E-state index contributed by atoms with van der Waals surface area (Å²) in [6.45, 7) is 4.49. The molecular weight excluding hydrogens is 352 g/mol. The summed E-state index contributed by atoms with van der Waals surface area (Å²) in [5.74, 6) is -1.68. The van der Waals surface area contributed by atoms with Crippen LogP contribution in [-0.2, 0) is 19.1 Å². The molecule has 1 aliphatic rings. The third kappa shape index (κ3) is 3.96. The molecule has 1 fully saturated rings. The Labute approximate surface area is 166 Å². The van der Waals surface area contributed by atoms with Gasteiger partial charge in [-0.1, -0.05) is 80.9 Å². The lowest BCUT2D eigenvalue weighted by molar-refractivity contribution is -0.171. The molecule has 2 aromatic rings. The highest BCUT2D eigenvalue weighted by Crippen LogP contribution is 2.58. The van der Waals surface area contributed by atoms with Gasteiger partial charge in [-0.3, -0.25) is 9.59 Å². The van der Waals surface area contributed by atoms with Crippen LogP contribution in [-0.4, -0.2) is 25.7 Å². The predicted octanol–water partition coefficient (Wildman–Crippen LogP) is 4.56. The molecule has 3 rings (SSSR count). The maximum atomic E-state index is 13.0. The van der Waals surface area contributed by atoms with Crippen molar-refractivity contribution < 1.29 is 19.1 Å². The van der Waals surface area contributed by atoms with Crippen LogP contribution in [0.3, 0.4) is 0 Å². The number of esters is 2. The second-order valence-corrected chi connectivity index (χ2v) is 7.59. The molecule has 0 spiro atoms. The standard InChI is InChI=1S/C24H28O4/c1-4-16(2)15-28-24(26)22-20(18-13-9-6-10-14-18)19(21(22)23(25)27-3)17-11-7-5-8-12-17/h5-14,16,19-22H,4,15H2,1-3H3/t16-,19-,20-,21-,22-/m1/s1. The highest BCUT2D eigenvalue weighted by Gasteiger charge is 2.59. The summed E-state index contributed by atoms with van der Waals surface area (Å²) >= 11 is 0. The average Bonchev–Trinajstić information content (AvgIpc) is 2.72. The van der Waals surface area contributed by atoms with Crippen LogP contribution in [0, 0.1) is 17.8 Å². The Hall–Kier alpha value is -2.62. The Morgan fingerprint density at radius 1 is 0.857 bits per heavy atom. The second kappa shape index (κ2) is 9.05. The monoisotopic (exact) mass is 380 g/mol. The summed E-state index contributed by atoms with van der Waals surface area (Å²) in [4.78, 5) is 25.6. The molecule has 0 aromatic heterocycles. The van der Waals surface area contributed by atoms with Crippen molar-refractivity contribution in [3.05, 3.63) is 71.8 Å². The van der Waals surface area contributed by atoms with Crippen LogP contribution in [0.1, 0.15) is 43.2 Å². The lowest BCUT2D eigenvalue weighted by Gasteiger charge is -2.49. The van der Waals surface area contributed by atoms with Crippen molar-refractivity contribution in [2.24, 2.45) is 17.8 Å². The van der Waals surface area contributed by atoms with Gasteiger partial charge in [-0.15, -0.1) is 0 Å². The molecule has 4 nitrogen and oxygen atoms in total. The number of benzene rings is 2. The zero-order chi connectivity index (χ0) is 20.1. The second-order valence-electron chi connectivity index (χ2n) is 7.59. The van der Waals surface area contributed by atoms with Crippen molar-refractivity contribution in [2.45, 2.75) is 32.1 Å². The molecule has 28 heavy (non-hydrogen) atoms. The highest BCUT2D eigenvalue weighted by atomic mass is 16.5. The van der Waals surface area contributed by atoms with Crippen molar-refractivity contribution in [3.63, 3.8) is 0 Å². The molecule has 4 heteroatoms. The Morgan fingerprint density at radius 3 is 1.75 bits per heavy atom. The lowest BCUT2D eigenvalue weighted by atomic mass is 9.52. The first-order valence-corrected chi connectivity index (χ1v) is 9.92. The quantitative estimate of drug-likeness (QED) is 0.661. The normalized spacial score (nSPS) is 24.7. The maximum absolute atomic E-state index is 13.0. The predicted molar refractivity (Wildman–Crippen MR) is 108 cm³/mol. The number of ether oxygens (including phenoxy) is 2. The fraction of sp³-hybridized carbons (Fsp3) is 0.417. The van der Waals surface area contributed by atoms with E-state index < -0.39 is 11.8 Å². The number of carbonyl (C=O) groups excluding carboxylic acids is 2. The van der Waals surface area contributed by atoms with Gasteiger partial charge in [-0.2, -0.15) is 0 Å². The van der Waals surface area contributed by atoms with E-state index in [1.165, 1.54) is 7.11 Å². The number of methoxy groups -OCH3 is 1. The first-order valence-electron chi connectivity index (χ1n) is 9.92. The molecule has 148 valence electrons. The van der Waals surface area contributed by atoms with Gasteiger partial charge < -0.3 is 9.47 Å². The minimum atomic E-state index is -0.540. The fourth-order valence-corrected chi connectivity index (χ4v) is 4.09. The molecule has 0 saturated heterocycles. The van der Waals surface area contributed by atoms with Gasteiger partial charge in [0.15, 0.2) is 0 Å². The summed E-state index contributed by atoms with van der Waals surface area (Å²) in [6, 6.07) is 19.8. The van der Waals surface area contributed by atoms with E-state index in [9.17, 15) is 9.59 Å². The van der Waals surface area contributed by atoms with Crippen LogP contribution in [0.2, 0.25) is 0 Å².